The van der Waals surface area contributed by atoms with Crippen molar-refractivity contribution in [2.24, 2.45) is 17.8 Å². The smallest absolute Gasteiger partial charge is 0.238 e. The van der Waals surface area contributed by atoms with Crippen molar-refractivity contribution in [2.75, 3.05) is 6.54 Å². The fourth-order valence-corrected chi connectivity index (χ4v) is 4.34. The van der Waals surface area contributed by atoms with Crippen LogP contribution in [0.25, 0.3) is 0 Å². The van der Waals surface area contributed by atoms with E-state index in [4.69, 9.17) is 23.8 Å². The lowest BCUT2D eigenvalue weighted by molar-refractivity contribution is -0.122. The van der Waals surface area contributed by atoms with Gasteiger partial charge in [0.2, 0.25) is 5.91 Å². The molecule has 130 valence electrons. The molecule has 2 aliphatic rings. The highest BCUT2D eigenvalue weighted by atomic mass is 35.5. The van der Waals surface area contributed by atoms with E-state index >= 15 is 0 Å². The summed E-state index contributed by atoms with van der Waals surface area (Å²) in [5.41, 5.74) is 6.70. The van der Waals surface area contributed by atoms with Gasteiger partial charge in [-0.25, -0.2) is 0 Å². The molecule has 1 amide bonds. The van der Waals surface area contributed by atoms with E-state index in [1.807, 2.05) is 24.3 Å². The van der Waals surface area contributed by atoms with Gasteiger partial charge in [-0.2, -0.15) is 0 Å². The Morgan fingerprint density at radius 2 is 1.96 bits per heavy atom. The van der Waals surface area contributed by atoms with Crippen LogP contribution in [0.3, 0.4) is 0 Å². The normalized spacial score (nSPS) is 24.6. The van der Waals surface area contributed by atoms with Gasteiger partial charge in [0, 0.05) is 18.0 Å². The van der Waals surface area contributed by atoms with Crippen molar-refractivity contribution in [3.05, 3.63) is 34.9 Å². The Balaban J connectivity index is 1.29. The largest absolute Gasteiger partial charge is 0.361 e. The molecule has 1 aromatic carbocycles. The summed E-state index contributed by atoms with van der Waals surface area (Å²) >= 11 is 11.0. The molecule has 2 aliphatic carbocycles. The van der Waals surface area contributed by atoms with Crippen LogP contribution in [0, 0.1) is 17.8 Å². The third-order valence-electron chi connectivity index (χ3n) is 5.26. The van der Waals surface area contributed by atoms with Gasteiger partial charge in [-0.05, 0) is 73.4 Å². The minimum Gasteiger partial charge on any atom is -0.361 e. The van der Waals surface area contributed by atoms with Crippen molar-refractivity contribution < 1.29 is 4.79 Å². The predicted molar refractivity (Wildman–Crippen MR) is 101 cm³/mol. The Bertz CT molecular complexity index is 592. The Morgan fingerprint density at radius 3 is 2.62 bits per heavy atom. The molecule has 4 nitrogen and oxygen atoms in total. The van der Waals surface area contributed by atoms with Gasteiger partial charge in [0.25, 0.3) is 0 Å². The first-order chi connectivity index (χ1) is 11.6. The molecule has 0 unspecified atom stereocenters. The third kappa shape index (κ3) is 4.84. The fourth-order valence-electron chi connectivity index (χ4n) is 4.06. The average molecular weight is 366 g/mol. The highest BCUT2D eigenvalue weighted by molar-refractivity contribution is 7.80. The molecule has 2 saturated carbocycles. The van der Waals surface area contributed by atoms with Crippen molar-refractivity contribution >= 4 is 34.8 Å². The lowest BCUT2D eigenvalue weighted by atomic mass is 9.86. The second-order valence-electron chi connectivity index (χ2n) is 6.94. The van der Waals surface area contributed by atoms with Crippen LogP contribution in [0.1, 0.15) is 37.7 Å². The van der Waals surface area contributed by atoms with Gasteiger partial charge in [-0.3, -0.25) is 15.6 Å². The van der Waals surface area contributed by atoms with E-state index in [0.717, 1.165) is 23.3 Å². The molecule has 24 heavy (non-hydrogen) atoms. The topological polar surface area (TPSA) is 53.2 Å². The van der Waals surface area contributed by atoms with Gasteiger partial charge in [-0.1, -0.05) is 30.2 Å². The number of carbonyl (C=O) groups excluding carboxylic acids is 1. The molecule has 0 saturated heterocycles. The number of hydrazine groups is 1. The van der Waals surface area contributed by atoms with Crippen molar-refractivity contribution in [1.29, 1.82) is 0 Å². The number of fused-ring (bicyclic) bond motifs is 2. The molecule has 0 aliphatic heterocycles. The highest BCUT2D eigenvalue weighted by Crippen LogP contribution is 2.49. The molecule has 6 heteroatoms. The minimum absolute atomic E-state index is 0.0365. The first-order valence-electron chi connectivity index (χ1n) is 8.67. The first-order valence-corrected chi connectivity index (χ1v) is 9.46. The summed E-state index contributed by atoms with van der Waals surface area (Å²) in [6, 6.07) is 7.75. The Hall–Kier alpha value is -1.33. The van der Waals surface area contributed by atoms with Gasteiger partial charge in [0.15, 0.2) is 5.11 Å². The SMILES string of the molecule is O=C(C[C@@H]1C[C@H]2CC[C@@H]1C2)NNC(=S)NCCc1ccc(Cl)cc1. The van der Waals surface area contributed by atoms with Gasteiger partial charge < -0.3 is 5.32 Å². The van der Waals surface area contributed by atoms with Gasteiger partial charge >= 0.3 is 0 Å². The van der Waals surface area contributed by atoms with Crippen LogP contribution in [0.4, 0.5) is 0 Å². The number of rotatable bonds is 5. The Kier molecular flexibility index (Phi) is 5.95. The molecular formula is C18H24ClN3OS. The summed E-state index contributed by atoms with van der Waals surface area (Å²) < 4.78 is 0. The summed E-state index contributed by atoms with van der Waals surface area (Å²) in [5, 5.41) is 4.28. The van der Waals surface area contributed by atoms with Crippen LogP contribution < -0.4 is 16.2 Å². The maximum absolute atomic E-state index is 12.0. The quantitative estimate of drug-likeness (QED) is 0.554. The maximum atomic E-state index is 12.0. The molecule has 3 N–H and O–H groups in total. The van der Waals surface area contributed by atoms with Crippen LogP contribution in [0.5, 0.6) is 0 Å². The summed E-state index contributed by atoms with van der Waals surface area (Å²) in [7, 11) is 0. The zero-order valence-corrected chi connectivity index (χ0v) is 15.3. The molecule has 0 spiro atoms. The third-order valence-corrected chi connectivity index (χ3v) is 5.76. The van der Waals surface area contributed by atoms with Crippen molar-refractivity contribution in [3.63, 3.8) is 0 Å². The molecule has 1 aromatic rings. The molecule has 3 rings (SSSR count). The van der Waals surface area contributed by atoms with Gasteiger partial charge in [0.05, 0.1) is 0 Å². The van der Waals surface area contributed by atoms with Gasteiger partial charge in [0.1, 0.15) is 0 Å². The fraction of sp³-hybridized carbons (Fsp3) is 0.556. The van der Waals surface area contributed by atoms with E-state index in [2.05, 4.69) is 16.2 Å². The van der Waals surface area contributed by atoms with E-state index in [0.29, 0.717) is 24.0 Å². The van der Waals surface area contributed by atoms with E-state index in [1.165, 1.54) is 31.2 Å². The van der Waals surface area contributed by atoms with Crippen LogP contribution in [-0.4, -0.2) is 17.6 Å². The number of hydrogen-bond acceptors (Lipinski definition) is 2. The molecule has 0 aromatic heterocycles. The summed E-state index contributed by atoms with van der Waals surface area (Å²) in [6.07, 6.45) is 6.68. The summed E-state index contributed by atoms with van der Waals surface area (Å²) in [5.74, 6) is 2.24. The van der Waals surface area contributed by atoms with E-state index in [1.54, 1.807) is 0 Å². The molecule has 2 bridgehead atoms. The minimum atomic E-state index is 0.0365. The Labute approximate surface area is 153 Å². The number of hydrogen-bond donors (Lipinski definition) is 3. The number of carbonyl (C=O) groups is 1. The lowest BCUT2D eigenvalue weighted by Gasteiger charge is -2.21. The second-order valence-corrected chi connectivity index (χ2v) is 7.79. The van der Waals surface area contributed by atoms with E-state index in [-0.39, 0.29) is 5.91 Å². The predicted octanol–water partition coefficient (Wildman–Crippen LogP) is 3.20. The van der Waals surface area contributed by atoms with Crippen LogP contribution in [0.2, 0.25) is 5.02 Å². The molecule has 3 atom stereocenters. The second kappa shape index (κ2) is 8.17. The van der Waals surface area contributed by atoms with Crippen LogP contribution >= 0.6 is 23.8 Å². The molecule has 0 heterocycles. The van der Waals surface area contributed by atoms with Crippen molar-refractivity contribution in [3.8, 4) is 0 Å². The standard InChI is InChI=1S/C18H24ClN3OS/c19-16-5-2-12(3-6-16)7-8-20-18(24)22-21-17(23)11-15-10-13-1-4-14(15)9-13/h2-3,5-6,13-15H,1,4,7-11H2,(H,21,23)(H2,20,22,24)/t13-,14+,15-/m0/s1. The number of thiocarbonyl (C=S) groups is 1. The highest BCUT2D eigenvalue weighted by Gasteiger charge is 2.40. The lowest BCUT2D eigenvalue weighted by Crippen LogP contribution is -2.47. The van der Waals surface area contributed by atoms with E-state index in [9.17, 15) is 4.79 Å². The monoisotopic (exact) mass is 365 g/mol. The summed E-state index contributed by atoms with van der Waals surface area (Å²) in [4.78, 5) is 12.0. The van der Waals surface area contributed by atoms with Crippen molar-refractivity contribution in [1.82, 2.24) is 16.2 Å². The molecule has 2 fully saturated rings. The Morgan fingerprint density at radius 1 is 1.17 bits per heavy atom. The van der Waals surface area contributed by atoms with E-state index < -0.39 is 0 Å². The van der Waals surface area contributed by atoms with Gasteiger partial charge in [-0.15, -0.1) is 0 Å². The average Bonchev–Trinajstić information content (AvgIpc) is 3.18. The zero-order valence-electron chi connectivity index (χ0n) is 13.7. The van der Waals surface area contributed by atoms with Crippen LogP contribution in [0.15, 0.2) is 24.3 Å². The maximum Gasteiger partial charge on any atom is 0.238 e. The zero-order chi connectivity index (χ0) is 16.9. The van der Waals surface area contributed by atoms with Crippen LogP contribution in [-0.2, 0) is 11.2 Å². The first kappa shape index (κ1) is 17.5. The molecule has 0 radical (unpaired) electrons. The van der Waals surface area contributed by atoms with Crippen molar-refractivity contribution in [2.45, 2.75) is 38.5 Å². The number of nitrogens with one attached hydrogen (secondary N) is 3. The number of amides is 1. The number of benzene rings is 1. The molecular weight excluding hydrogens is 342 g/mol. The summed E-state index contributed by atoms with van der Waals surface area (Å²) in [6.45, 7) is 0.704. The number of halogens is 1.